The molecule has 32 heavy (non-hydrogen) atoms. The predicted octanol–water partition coefficient (Wildman–Crippen LogP) is 3.16. The SMILES string of the molecule is CCCOC(=O)C1=C(C)NC2=C(C(=O)[C@H](C(=O)OC)[C@H](C)C2)[C@@H]1c1ccccc1[N+](=O)[O-]. The quantitative estimate of drug-likeness (QED) is 0.308. The van der Waals surface area contributed by atoms with Gasteiger partial charge in [0.2, 0.25) is 0 Å². The molecule has 3 rings (SSSR count). The Bertz CT molecular complexity index is 1040. The molecule has 1 aliphatic heterocycles. The van der Waals surface area contributed by atoms with Crippen LogP contribution in [0.4, 0.5) is 5.69 Å². The van der Waals surface area contributed by atoms with Crippen molar-refractivity contribution < 1.29 is 28.8 Å². The number of hydrogen-bond acceptors (Lipinski definition) is 8. The molecule has 1 aromatic rings. The molecule has 3 atom stereocenters. The highest BCUT2D eigenvalue weighted by Crippen LogP contribution is 2.47. The van der Waals surface area contributed by atoms with E-state index in [9.17, 15) is 24.5 Å². The van der Waals surface area contributed by atoms with Gasteiger partial charge >= 0.3 is 11.9 Å². The molecule has 0 saturated heterocycles. The largest absolute Gasteiger partial charge is 0.468 e. The van der Waals surface area contributed by atoms with Crippen LogP contribution in [0.25, 0.3) is 0 Å². The molecule has 0 spiro atoms. The molecule has 0 fully saturated rings. The number of methoxy groups -OCH3 is 1. The molecule has 9 nitrogen and oxygen atoms in total. The summed E-state index contributed by atoms with van der Waals surface area (Å²) in [7, 11) is 1.21. The number of nitrogens with one attached hydrogen (secondary N) is 1. The average Bonchev–Trinajstić information content (AvgIpc) is 2.76. The summed E-state index contributed by atoms with van der Waals surface area (Å²) >= 11 is 0. The van der Waals surface area contributed by atoms with Crippen molar-refractivity contribution >= 4 is 23.4 Å². The van der Waals surface area contributed by atoms with Gasteiger partial charge in [0.15, 0.2) is 5.78 Å². The first-order valence-electron chi connectivity index (χ1n) is 10.5. The number of ether oxygens (including phenoxy) is 2. The number of carbonyl (C=O) groups excluding carboxylic acids is 3. The number of nitrogens with zero attached hydrogens (tertiary/aromatic N) is 1. The molecule has 0 aromatic heterocycles. The van der Waals surface area contributed by atoms with E-state index in [1.807, 2.05) is 6.92 Å². The van der Waals surface area contributed by atoms with Crippen LogP contribution in [0, 0.1) is 22.0 Å². The van der Waals surface area contributed by atoms with Crippen molar-refractivity contribution in [2.45, 2.75) is 39.5 Å². The third-order valence-electron chi connectivity index (χ3n) is 5.84. The lowest BCUT2D eigenvalue weighted by atomic mass is 9.69. The Balaban J connectivity index is 2.24. The molecule has 0 bridgehead atoms. The van der Waals surface area contributed by atoms with Gasteiger partial charge in [-0.1, -0.05) is 32.0 Å². The predicted molar refractivity (Wildman–Crippen MR) is 114 cm³/mol. The van der Waals surface area contributed by atoms with Crippen LogP contribution >= 0.6 is 0 Å². The molecule has 1 aromatic carbocycles. The Labute approximate surface area is 185 Å². The molecule has 170 valence electrons. The summed E-state index contributed by atoms with van der Waals surface area (Å²) in [5.74, 6) is -4.27. The first-order chi connectivity index (χ1) is 15.2. The summed E-state index contributed by atoms with van der Waals surface area (Å²) < 4.78 is 10.2. The summed E-state index contributed by atoms with van der Waals surface area (Å²) in [5, 5.41) is 14.9. The zero-order valence-electron chi connectivity index (χ0n) is 18.5. The van der Waals surface area contributed by atoms with Crippen LogP contribution in [0.5, 0.6) is 0 Å². The number of carbonyl (C=O) groups is 3. The van der Waals surface area contributed by atoms with Crippen LogP contribution in [-0.4, -0.2) is 36.4 Å². The lowest BCUT2D eigenvalue weighted by molar-refractivity contribution is -0.385. The lowest BCUT2D eigenvalue weighted by Crippen LogP contribution is -2.43. The monoisotopic (exact) mass is 442 g/mol. The molecule has 0 unspecified atom stereocenters. The second-order valence-electron chi connectivity index (χ2n) is 7.99. The fourth-order valence-electron chi connectivity index (χ4n) is 4.43. The van der Waals surface area contributed by atoms with Gasteiger partial charge in [0, 0.05) is 28.6 Å². The van der Waals surface area contributed by atoms with Crippen LogP contribution in [0.3, 0.4) is 0 Å². The van der Waals surface area contributed by atoms with Gasteiger partial charge in [0.25, 0.3) is 5.69 Å². The van der Waals surface area contributed by atoms with E-state index in [-0.39, 0.29) is 34.9 Å². The van der Waals surface area contributed by atoms with Crippen molar-refractivity contribution in [3.05, 3.63) is 62.5 Å². The molecule has 2 aliphatic rings. The fourth-order valence-corrected chi connectivity index (χ4v) is 4.43. The first kappa shape index (κ1) is 23.2. The van der Waals surface area contributed by atoms with Gasteiger partial charge in [-0.25, -0.2) is 4.79 Å². The van der Waals surface area contributed by atoms with Crippen molar-refractivity contribution in [3.63, 3.8) is 0 Å². The smallest absolute Gasteiger partial charge is 0.336 e. The summed E-state index contributed by atoms with van der Waals surface area (Å²) in [6.45, 7) is 5.46. The van der Waals surface area contributed by atoms with E-state index >= 15 is 0 Å². The highest BCUT2D eigenvalue weighted by Gasteiger charge is 2.48. The number of nitro groups is 1. The van der Waals surface area contributed by atoms with E-state index < -0.39 is 34.5 Å². The molecule has 1 aliphatic carbocycles. The Morgan fingerprint density at radius 3 is 2.59 bits per heavy atom. The number of Topliss-reactive ketones (excluding diaryl/α,β-unsaturated/α-hetero) is 1. The van der Waals surface area contributed by atoms with Crippen LogP contribution in [-0.2, 0) is 23.9 Å². The number of rotatable bonds is 6. The number of benzene rings is 1. The Morgan fingerprint density at radius 2 is 1.97 bits per heavy atom. The topological polar surface area (TPSA) is 125 Å². The van der Waals surface area contributed by atoms with Gasteiger partial charge in [-0.05, 0) is 25.7 Å². The average molecular weight is 442 g/mol. The highest BCUT2D eigenvalue weighted by atomic mass is 16.6. The van der Waals surface area contributed by atoms with Gasteiger partial charge in [-0.3, -0.25) is 19.7 Å². The van der Waals surface area contributed by atoms with E-state index in [1.54, 1.807) is 19.9 Å². The van der Waals surface area contributed by atoms with E-state index in [0.717, 1.165) is 0 Å². The normalized spacial score (nSPS) is 22.8. The van der Waals surface area contributed by atoms with Crippen LogP contribution in [0.1, 0.15) is 45.1 Å². The van der Waals surface area contributed by atoms with Gasteiger partial charge in [0.1, 0.15) is 5.92 Å². The number of nitro benzene ring substituents is 1. The molecule has 0 amide bonds. The molecule has 1 N–H and O–H groups in total. The van der Waals surface area contributed by atoms with Crippen molar-refractivity contribution in [1.29, 1.82) is 0 Å². The number of hydrogen-bond donors (Lipinski definition) is 1. The number of allylic oxidation sites excluding steroid dienone is 3. The summed E-state index contributed by atoms with van der Waals surface area (Å²) in [4.78, 5) is 50.3. The number of dihydropyridines is 1. The maximum Gasteiger partial charge on any atom is 0.336 e. The molecule has 1 heterocycles. The minimum Gasteiger partial charge on any atom is -0.468 e. The molecule has 9 heteroatoms. The van der Waals surface area contributed by atoms with Gasteiger partial charge < -0.3 is 14.8 Å². The van der Waals surface area contributed by atoms with Gasteiger partial charge in [-0.2, -0.15) is 0 Å². The number of ketones is 1. The van der Waals surface area contributed by atoms with E-state index in [1.165, 1.54) is 25.3 Å². The standard InChI is InChI=1S/C23H26N2O7/c1-5-10-32-23(28)18-13(3)24-15-11-12(2)17(22(27)31-4)21(26)20(15)19(18)14-8-6-7-9-16(14)25(29)30/h6-9,12,17,19,24H,5,10-11H2,1-4H3/t12-,17-,19-/m1/s1. The third kappa shape index (κ3) is 4.02. The number of esters is 2. The fraction of sp³-hybridized carbons (Fsp3) is 0.435. The molecular weight excluding hydrogens is 416 g/mol. The van der Waals surface area contributed by atoms with Gasteiger partial charge in [-0.15, -0.1) is 0 Å². The molecular formula is C23H26N2O7. The third-order valence-corrected chi connectivity index (χ3v) is 5.84. The summed E-state index contributed by atoms with van der Waals surface area (Å²) in [5.41, 5.74) is 1.28. The Kier molecular flexibility index (Phi) is 6.76. The number of para-hydroxylation sites is 1. The Morgan fingerprint density at radius 1 is 1.28 bits per heavy atom. The maximum atomic E-state index is 13.6. The van der Waals surface area contributed by atoms with E-state index in [2.05, 4.69) is 5.32 Å². The van der Waals surface area contributed by atoms with Crippen LogP contribution in [0.15, 0.2) is 46.8 Å². The lowest BCUT2D eigenvalue weighted by Gasteiger charge is -2.38. The van der Waals surface area contributed by atoms with Crippen molar-refractivity contribution in [2.75, 3.05) is 13.7 Å². The molecule has 0 saturated carbocycles. The Hall–Kier alpha value is -3.49. The van der Waals surface area contributed by atoms with E-state index in [0.29, 0.717) is 24.2 Å². The summed E-state index contributed by atoms with van der Waals surface area (Å²) in [6.07, 6.45) is 0.947. The summed E-state index contributed by atoms with van der Waals surface area (Å²) in [6, 6.07) is 5.99. The second-order valence-corrected chi connectivity index (χ2v) is 7.99. The highest BCUT2D eigenvalue weighted by molar-refractivity contribution is 6.12. The van der Waals surface area contributed by atoms with Crippen molar-refractivity contribution in [1.82, 2.24) is 5.32 Å². The van der Waals surface area contributed by atoms with Crippen molar-refractivity contribution in [3.8, 4) is 0 Å². The zero-order valence-corrected chi connectivity index (χ0v) is 18.5. The minimum atomic E-state index is -1.06. The first-order valence-corrected chi connectivity index (χ1v) is 10.5. The zero-order chi connectivity index (χ0) is 23.6. The van der Waals surface area contributed by atoms with Crippen LogP contribution < -0.4 is 5.32 Å². The maximum absolute atomic E-state index is 13.6. The van der Waals surface area contributed by atoms with Crippen molar-refractivity contribution in [2.24, 2.45) is 11.8 Å². The second kappa shape index (κ2) is 9.33. The molecule has 0 radical (unpaired) electrons. The van der Waals surface area contributed by atoms with E-state index in [4.69, 9.17) is 9.47 Å². The van der Waals surface area contributed by atoms with Crippen LogP contribution in [0.2, 0.25) is 0 Å². The minimum absolute atomic E-state index is 0.123. The van der Waals surface area contributed by atoms with Gasteiger partial charge in [0.05, 0.1) is 30.1 Å².